The first-order chi connectivity index (χ1) is 11.3. The van der Waals surface area contributed by atoms with E-state index in [2.05, 4.69) is 26.9 Å². The summed E-state index contributed by atoms with van der Waals surface area (Å²) >= 11 is 0. The molecule has 0 amide bonds. The van der Waals surface area contributed by atoms with Crippen molar-refractivity contribution in [1.82, 2.24) is 15.0 Å². The molecule has 0 unspecified atom stereocenters. The molecule has 0 saturated carbocycles. The van der Waals surface area contributed by atoms with Gasteiger partial charge in [-0.1, -0.05) is 0 Å². The van der Waals surface area contributed by atoms with Crippen LogP contribution in [-0.2, 0) is 0 Å². The van der Waals surface area contributed by atoms with E-state index >= 15 is 0 Å². The normalized spacial score (nSPS) is 19.3. The molecule has 4 rings (SSSR count). The van der Waals surface area contributed by atoms with Gasteiger partial charge in [-0.05, 0) is 57.6 Å². The minimum absolute atomic E-state index is 0.848. The van der Waals surface area contributed by atoms with Crippen LogP contribution in [0.5, 0.6) is 0 Å². The van der Waals surface area contributed by atoms with Crippen LogP contribution in [0.1, 0.15) is 44.2 Å². The molecule has 2 aliphatic heterocycles. The first kappa shape index (κ1) is 14.7. The number of anilines is 2. The van der Waals surface area contributed by atoms with Gasteiger partial charge in [-0.25, -0.2) is 4.98 Å². The lowest BCUT2D eigenvalue weighted by Crippen LogP contribution is -2.33. The fourth-order valence-corrected chi connectivity index (χ4v) is 3.66. The standard InChI is InChI=1S/C18H25N5/c1-14-8-9-15-16(19-14)20-18(23-12-6-3-7-13-23)21-17(15)22-10-4-2-5-11-22/h8-9H,2-7,10-13H2,1H3. The monoisotopic (exact) mass is 311 g/mol. The van der Waals surface area contributed by atoms with Gasteiger partial charge in [0.25, 0.3) is 0 Å². The number of hydrogen-bond acceptors (Lipinski definition) is 5. The maximum atomic E-state index is 4.98. The Kier molecular flexibility index (Phi) is 4.02. The average Bonchev–Trinajstić information content (AvgIpc) is 2.62. The van der Waals surface area contributed by atoms with E-state index in [0.717, 1.165) is 54.7 Å². The van der Waals surface area contributed by atoms with Crippen molar-refractivity contribution in [3.63, 3.8) is 0 Å². The van der Waals surface area contributed by atoms with Gasteiger partial charge in [-0.2, -0.15) is 9.97 Å². The highest BCUT2D eigenvalue weighted by Gasteiger charge is 2.21. The van der Waals surface area contributed by atoms with Crippen molar-refractivity contribution in [1.29, 1.82) is 0 Å². The Balaban J connectivity index is 1.80. The summed E-state index contributed by atoms with van der Waals surface area (Å²) in [5.41, 5.74) is 1.87. The first-order valence-electron chi connectivity index (χ1n) is 8.96. The van der Waals surface area contributed by atoms with Crippen LogP contribution in [0.2, 0.25) is 0 Å². The molecular weight excluding hydrogens is 286 g/mol. The highest BCUT2D eigenvalue weighted by Crippen LogP contribution is 2.29. The average molecular weight is 311 g/mol. The van der Waals surface area contributed by atoms with Crippen LogP contribution in [0, 0.1) is 6.92 Å². The predicted octanol–water partition coefficient (Wildman–Crippen LogP) is 3.31. The summed E-state index contributed by atoms with van der Waals surface area (Å²) < 4.78 is 0. The number of hydrogen-bond donors (Lipinski definition) is 0. The van der Waals surface area contributed by atoms with E-state index in [1.54, 1.807) is 0 Å². The molecular formula is C18H25N5. The molecule has 2 aromatic heterocycles. The van der Waals surface area contributed by atoms with E-state index < -0.39 is 0 Å². The molecule has 0 atom stereocenters. The van der Waals surface area contributed by atoms with E-state index in [4.69, 9.17) is 9.97 Å². The Morgan fingerprint density at radius 1 is 0.739 bits per heavy atom. The van der Waals surface area contributed by atoms with Gasteiger partial charge in [0, 0.05) is 31.9 Å². The van der Waals surface area contributed by atoms with Gasteiger partial charge >= 0.3 is 0 Å². The van der Waals surface area contributed by atoms with E-state index in [1.807, 2.05) is 6.92 Å². The van der Waals surface area contributed by atoms with Crippen LogP contribution in [0.25, 0.3) is 11.0 Å². The lowest BCUT2D eigenvalue weighted by atomic mass is 10.1. The van der Waals surface area contributed by atoms with Gasteiger partial charge in [0.15, 0.2) is 5.65 Å². The quantitative estimate of drug-likeness (QED) is 0.851. The molecule has 5 heteroatoms. The minimum Gasteiger partial charge on any atom is -0.356 e. The molecule has 0 radical (unpaired) electrons. The first-order valence-corrected chi connectivity index (χ1v) is 8.96. The number of aryl methyl sites for hydroxylation is 1. The van der Waals surface area contributed by atoms with Gasteiger partial charge < -0.3 is 9.80 Å². The Morgan fingerprint density at radius 3 is 2.09 bits per heavy atom. The molecule has 4 heterocycles. The molecule has 0 N–H and O–H groups in total. The van der Waals surface area contributed by atoms with Gasteiger partial charge in [-0.3, -0.25) is 0 Å². The Labute approximate surface area is 137 Å². The highest BCUT2D eigenvalue weighted by molar-refractivity contribution is 5.88. The van der Waals surface area contributed by atoms with Gasteiger partial charge in [-0.15, -0.1) is 0 Å². The third-order valence-electron chi connectivity index (χ3n) is 4.96. The molecule has 5 nitrogen and oxygen atoms in total. The molecule has 122 valence electrons. The van der Waals surface area contributed by atoms with Crippen LogP contribution in [0.3, 0.4) is 0 Å². The third kappa shape index (κ3) is 2.96. The second kappa shape index (κ2) is 6.30. The molecule has 2 saturated heterocycles. The van der Waals surface area contributed by atoms with Crippen LogP contribution in [-0.4, -0.2) is 41.1 Å². The van der Waals surface area contributed by atoms with Crippen LogP contribution in [0.4, 0.5) is 11.8 Å². The summed E-state index contributed by atoms with van der Waals surface area (Å²) in [5.74, 6) is 1.96. The Hall–Kier alpha value is -1.91. The second-order valence-corrected chi connectivity index (χ2v) is 6.77. The van der Waals surface area contributed by atoms with Crippen molar-refractivity contribution >= 4 is 22.8 Å². The van der Waals surface area contributed by atoms with Gasteiger partial charge in [0.1, 0.15) is 5.82 Å². The largest absolute Gasteiger partial charge is 0.356 e. The number of pyridine rings is 1. The predicted molar refractivity (Wildman–Crippen MR) is 94.2 cm³/mol. The number of rotatable bonds is 2. The van der Waals surface area contributed by atoms with Crippen molar-refractivity contribution in [2.24, 2.45) is 0 Å². The summed E-state index contributed by atoms with van der Waals surface area (Å²) in [4.78, 5) is 19.2. The van der Waals surface area contributed by atoms with Crippen molar-refractivity contribution in [2.75, 3.05) is 36.0 Å². The van der Waals surface area contributed by atoms with E-state index in [0.29, 0.717) is 0 Å². The summed E-state index contributed by atoms with van der Waals surface area (Å²) in [6, 6.07) is 4.21. The lowest BCUT2D eigenvalue weighted by Gasteiger charge is -2.31. The smallest absolute Gasteiger partial charge is 0.229 e. The lowest BCUT2D eigenvalue weighted by molar-refractivity contribution is 0.562. The maximum absolute atomic E-state index is 4.98. The fourth-order valence-electron chi connectivity index (χ4n) is 3.66. The second-order valence-electron chi connectivity index (χ2n) is 6.77. The molecule has 2 aromatic rings. The number of aromatic nitrogens is 3. The molecule has 23 heavy (non-hydrogen) atoms. The topological polar surface area (TPSA) is 45.2 Å². The van der Waals surface area contributed by atoms with Gasteiger partial charge in [0.05, 0.1) is 5.39 Å². The molecule has 0 spiro atoms. The van der Waals surface area contributed by atoms with E-state index in [1.165, 1.54) is 38.5 Å². The van der Waals surface area contributed by atoms with Crippen molar-refractivity contribution < 1.29 is 0 Å². The minimum atomic E-state index is 0.848. The van der Waals surface area contributed by atoms with Gasteiger partial charge in [0.2, 0.25) is 5.95 Å². The van der Waals surface area contributed by atoms with Crippen molar-refractivity contribution in [2.45, 2.75) is 45.4 Å². The van der Waals surface area contributed by atoms with Crippen LogP contribution in [0.15, 0.2) is 12.1 Å². The number of nitrogens with zero attached hydrogens (tertiary/aromatic N) is 5. The van der Waals surface area contributed by atoms with Crippen molar-refractivity contribution in [3.8, 4) is 0 Å². The summed E-state index contributed by atoms with van der Waals surface area (Å²) in [7, 11) is 0. The summed E-state index contributed by atoms with van der Waals surface area (Å²) in [5, 5.41) is 1.10. The Morgan fingerprint density at radius 2 is 1.39 bits per heavy atom. The summed E-state index contributed by atoms with van der Waals surface area (Å²) in [6.45, 7) is 6.36. The third-order valence-corrected chi connectivity index (χ3v) is 4.96. The fraction of sp³-hybridized carbons (Fsp3) is 0.611. The number of fused-ring (bicyclic) bond motifs is 1. The van der Waals surface area contributed by atoms with Crippen LogP contribution >= 0.6 is 0 Å². The zero-order valence-corrected chi connectivity index (χ0v) is 14.0. The molecule has 2 aliphatic rings. The molecule has 0 aromatic carbocycles. The maximum Gasteiger partial charge on any atom is 0.229 e. The van der Waals surface area contributed by atoms with E-state index in [9.17, 15) is 0 Å². The summed E-state index contributed by atoms with van der Waals surface area (Å²) in [6.07, 6.45) is 7.63. The zero-order valence-electron chi connectivity index (χ0n) is 14.0. The highest BCUT2D eigenvalue weighted by atomic mass is 15.3. The van der Waals surface area contributed by atoms with E-state index in [-0.39, 0.29) is 0 Å². The number of piperidine rings is 2. The zero-order chi connectivity index (χ0) is 15.6. The molecule has 0 bridgehead atoms. The van der Waals surface area contributed by atoms with Crippen LogP contribution < -0.4 is 9.80 Å². The Bertz CT molecular complexity index is 687. The van der Waals surface area contributed by atoms with Crippen molar-refractivity contribution in [3.05, 3.63) is 17.8 Å². The molecule has 2 fully saturated rings. The SMILES string of the molecule is Cc1ccc2c(N3CCCCC3)nc(N3CCCCC3)nc2n1. The molecule has 0 aliphatic carbocycles.